The number of halogens is 4. The third-order valence-corrected chi connectivity index (χ3v) is 8.16. The van der Waals surface area contributed by atoms with E-state index in [0.717, 1.165) is 5.92 Å². The maximum absolute atomic E-state index is 3.81. The van der Waals surface area contributed by atoms with Gasteiger partial charge in [-0.15, -0.1) is 0 Å². The summed E-state index contributed by atoms with van der Waals surface area (Å²) >= 11 is 15.2. The summed E-state index contributed by atoms with van der Waals surface area (Å²) in [4.78, 5) is 0. The van der Waals surface area contributed by atoms with Gasteiger partial charge in [0.05, 0.1) is 7.47 Å². The van der Waals surface area contributed by atoms with E-state index in [2.05, 4.69) is 94.1 Å². The van der Waals surface area contributed by atoms with E-state index in [-0.39, 0.29) is 0 Å². The van der Waals surface area contributed by atoms with Crippen LogP contribution in [-0.2, 0) is 5.41 Å². The van der Waals surface area contributed by atoms with Gasteiger partial charge in [-0.1, -0.05) is 94.1 Å². The molecule has 0 N–H and O–H groups in total. The number of benzene rings is 1. The van der Waals surface area contributed by atoms with Crippen LogP contribution in [0, 0.1) is 16.7 Å². The fourth-order valence-electron chi connectivity index (χ4n) is 7.07. The first-order valence-corrected chi connectivity index (χ1v) is 12.6. The average molecular weight is 584 g/mol. The fourth-order valence-corrected chi connectivity index (χ4v) is 9.82. The topological polar surface area (TPSA) is 0 Å². The molecule has 24 heavy (non-hydrogen) atoms. The van der Waals surface area contributed by atoms with Gasteiger partial charge in [0.2, 0.25) is 0 Å². The van der Waals surface area contributed by atoms with Crippen molar-refractivity contribution in [3.63, 3.8) is 0 Å². The molecule has 4 bridgehead atoms. The van der Waals surface area contributed by atoms with Crippen LogP contribution in [0.25, 0.3) is 0 Å². The third-order valence-electron chi connectivity index (χ3n) is 6.86. The van der Waals surface area contributed by atoms with Crippen LogP contribution in [0.2, 0.25) is 0 Å². The molecule has 4 aliphatic carbocycles. The molecule has 0 saturated heterocycles. The van der Waals surface area contributed by atoms with Crippen molar-refractivity contribution in [1.82, 2.24) is 0 Å². The zero-order valence-electron chi connectivity index (χ0n) is 13.8. The molecule has 0 aromatic heterocycles. The van der Waals surface area contributed by atoms with E-state index in [0.29, 0.717) is 23.7 Å². The minimum atomic E-state index is 0.407. The first kappa shape index (κ1) is 18.5. The molecule has 4 heteroatoms. The molecule has 1 aromatic rings. The third kappa shape index (κ3) is 3.36. The van der Waals surface area contributed by atoms with Crippen LogP contribution in [0.15, 0.2) is 30.3 Å². The van der Waals surface area contributed by atoms with Gasteiger partial charge in [0.1, 0.15) is 0 Å². The van der Waals surface area contributed by atoms with E-state index in [1.807, 2.05) is 0 Å². The maximum Gasteiger partial charge on any atom is 0.0703 e. The van der Waals surface area contributed by atoms with Gasteiger partial charge in [0.15, 0.2) is 0 Å². The minimum Gasteiger partial charge on any atom is -0.0765 e. The molecule has 4 aliphatic rings. The lowest BCUT2D eigenvalue weighted by Gasteiger charge is -2.67. The molecule has 0 nitrogen and oxygen atoms in total. The molecule has 0 spiro atoms. The van der Waals surface area contributed by atoms with Gasteiger partial charge < -0.3 is 0 Å². The Morgan fingerprint density at radius 1 is 0.792 bits per heavy atom. The molecular formula is C20H24Br4. The number of hydrogen-bond acceptors (Lipinski definition) is 0. The number of alkyl halides is 4. The van der Waals surface area contributed by atoms with Crippen molar-refractivity contribution in [2.45, 2.75) is 64.3 Å². The highest BCUT2D eigenvalue weighted by Gasteiger charge is 2.63. The molecule has 0 radical (unpaired) electrons. The summed E-state index contributed by atoms with van der Waals surface area (Å²) in [6.07, 6.45) is 11.0. The molecule has 2 atom stereocenters. The predicted octanol–water partition coefficient (Wildman–Crippen LogP) is 7.91. The molecule has 1 aromatic carbocycles. The molecule has 132 valence electrons. The van der Waals surface area contributed by atoms with Gasteiger partial charge in [0.25, 0.3) is 0 Å². The van der Waals surface area contributed by atoms with Gasteiger partial charge >= 0.3 is 0 Å². The van der Waals surface area contributed by atoms with Crippen molar-refractivity contribution < 1.29 is 0 Å². The average Bonchev–Trinajstić information content (AvgIpc) is 2.43. The Labute approximate surface area is 179 Å². The Balaban J connectivity index is 1.76. The van der Waals surface area contributed by atoms with Gasteiger partial charge in [-0.2, -0.15) is 0 Å². The van der Waals surface area contributed by atoms with Crippen molar-refractivity contribution in [2.75, 3.05) is 0 Å². The molecule has 4 fully saturated rings. The largest absolute Gasteiger partial charge is 0.0765 e. The normalized spacial score (nSPS) is 40.7. The van der Waals surface area contributed by atoms with E-state index in [4.69, 9.17) is 0 Å². The maximum atomic E-state index is 3.81. The van der Waals surface area contributed by atoms with E-state index in [1.54, 1.807) is 5.56 Å². The molecule has 0 heterocycles. The summed E-state index contributed by atoms with van der Waals surface area (Å²) in [7, 11) is 0. The summed E-state index contributed by atoms with van der Waals surface area (Å²) in [5.74, 6) is 0.902. The fraction of sp³-hybridized carbons (Fsp3) is 0.700. The molecule has 0 aliphatic heterocycles. The number of hydrogen-bond donors (Lipinski definition) is 0. The van der Waals surface area contributed by atoms with Gasteiger partial charge in [-0.05, 0) is 79.1 Å². The SMILES string of the molecule is BrC(Br)CC12CC3CC(CC(Br)Br)(C1)CC(c1ccccc1)(C3)C2. The molecular weight excluding hydrogens is 560 g/mol. The van der Waals surface area contributed by atoms with Crippen molar-refractivity contribution in [3.8, 4) is 0 Å². The van der Waals surface area contributed by atoms with Crippen LogP contribution in [0.1, 0.15) is 56.9 Å². The zero-order valence-corrected chi connectivity index (χ0v) is 20.1. The van der Waals surface area contributed by atoms with Crippen molar-refractivity contribution in [1.29, 1.82) is 0 Å². The lowest BCUT2D eigenvalue weighted by atomic mass is 9.37. The van der Waals surface area contributed by atoms with E-state index in [9.17, 15) is 0 Å². The summed E-state index contributed by atoms with van der Waals surface area (Å²) in [6.45, 7) is 0. The summed E-state index contributed by atoms with van der Waals surface area (Å²) in [5.41, 5.74) is 3.01. The smallest absolute Gasteiger partial charge is 0.0703 e. The zero-order chi connectivity index (χ0) is 17.0. The van der Waals surface area contributed by atoms with Crippen LogP contribution in [-0.4, -0.2) is 7.47 Å². The highest BCUT2D eigenvalue weighted by Crippen LogP contribution is 2.72. The van der Waals surface area contributed by atoms with E-state index < -0.39 is 0 Å². The monoisotopic (exact) mass is 580 g/mol. The highest BCUT2D eigenvalue weighted by molar-refractivity contribution is 9.25. The Hall–Kier alpha value is 1.14. The van der Waals surface area contributed by atoms with E-state index in [1.165, 1.54) is 51.4 Å². The van der Waals surface area contributed by atoms with Crippen molar-refractivity contribution >= 4 is 63.7 Å². The predicted molar refractivity (Wildman–Crippen MR) is 117 cm³/mol. The van der Waals surface area contributed by atoms with Crippen LogP contribution < -0.4 is 0 Å². The van der Waals surface area contributed by atoms with Gasteiger partial charge in [0, 0.05) is 0 Å². The number of rotatable bonds is 5. The van der Waals surface area contributed by atoms with Gasteiger partial charge in [-0.3, -0.25) is 0 Å². The second-order valence-electron chi connectivity index (χ2n) is 8.85. The molecule has 4 saturated carbocycles. The molecule has 0 amide bonds. The van der Waals surface area contributed by atoms with Crippen LogP contribution in [0.4, 0.5) is 0 Å². The Morgan fingerprint density at radius 2 is 1.33 bits per heavy atom. The molecule has 5 rings (SSSR count). The summed E-state index contributed by atoms with van der Waals surface area (Å²) < 4.78 is 0.879. The quantitative estimate of drug-likeness (QED) is 0.309. The Morgan fingerprint density at radius 3 is 1.83 bits per heavy atom. The minimum absolute atomic E-state index is 0.407. The first-order chi connectivity index (χ1) is 11.3. The Kier molecular flexibility index (Phi) is 5.11. The van der Waals surface area contributed by atoms with Crippen LogP contribution in [0.3, 0.4) is 0 Å². The Bertz CT molecular complexity index is 563. The van der Waals surface area contributed by atoms with Crippen LogP contribution in [0.5, 0.6) is 0 Å². The van der Waals surface area contributed by atoms with Crippen molar-refractivity contribution in [3.05, 3.63) is 35.9 Å². The second-order valence-corrected chi connectivity index (χ2v) is 15.7. The first-order valence-electron chi connectivity index (χ1n) is 8.96. The van der Waals surface area contributed by atoms with Gasteiger partial charge in [-0.25, -0.2) is 0 Å². The molecule has 2 unspecified atom stereocenters. The standard InChI is InChI=1S/C20H24Br4/c21-16(22)9-18-6-14-7-19(11-18,10-17(23)24)13-20(8-14,12-18)15-4-2-1-3-5-15/h1-5,14,16-17H,6-13H2. The van der Waals surface area contributed by atoms with Crippen LogP contribution >= 0.6 is 63.7 Å². The summed E-state index contributed by atoms with van der Waals surface area (Å²) in [5, 5.41) is 0. The van der Waals surface area contributed by atoms with Crippen molar-refractivity contribution in [2.24, 2.45) is 16.7 Å². The second kappa shape index (κ2) is 6.63. The lowest BCUT2D eigenvalue weighted by molar-refractivity contribution is -0.129. The summed E-state index contributed by atoms with van der Waals surface area (Å²) in [6, 6.07) is 11.4. The lowest BCUT2D eigenvalue weighted by Crippen LogP contribution is -2.59. The van der Waals surface area contributed by atoms with E-state index >= 15 is 0 Å². The highest BCUT2D eigenvalue weighted by atomic mass is 79.9.